The third-order valence-corrected chi connectivity index (χ3v) is 4.70. The molecule has 140 valence electrons. The Bertz CT molecular complexity index is 598. The van der Waals surface area contributed by atoms with Gasteiger partial charge >= 0.3 is 0 Å². The summed E-state index contributed by atoms with van der Waals surface area (Å²) >= 11 is 0. The van der Waals surface area contributed by atoms with E-state index in [-0.39, 0.29) is 29.9 Å². The third kappa shape index (κ3) is 5.86. The molecular formula is C17H29IN6O. The lowest BCUT2D eigenvalue weighted by atomic mass is 10.0. The highest BCUT2D eigenvalue weighted by Crippen LogP contribution is 2.26. The van der Waals surface area contributed by atoms with Crippen molar-refractivity contribution in [2.45, 2.75) is 44.1 Å². The van der Waals surface area contributed by atoms with Gasteiger partial charge in [-0.3, -0.25) is 14.5 Å². The van der Waals surface area contributed by atoms with Crippen molar-refractivity contribution in [2.75, 3.05) is 26.7 Å². The molecule has 1 aliphatic heterocycles. The largest absolute Gasteiger partial charge is 0.356 e. The zero-order valence-corrected chi connectivity index (χ0v) is 17.4. The number of nitrogens with one attached hydrogen (secondary N) is 2. The van der Waals surface area contributed by atoms with Crippen LogP contribution in [0.5, 0.6) is 0 Å². The number of nitrogens with zero attached hydrogens (tertiary/aromatic N) is 4. The summed E-state index contributed by atoms with van der Waals surface area (Å²) in [5, 5.41) is 10.7. The van der Waals surface area contributed by atoms with Gasteiger partial charge in [0.25, 0.3) is 0 Å². The summed E-state index contributed by atoms with van der Waals surface area (Å²) < 4.78 is 1.86. The Hall–Kier alpha value is -1.32. The van der Waals surface area contributed by atoms with Crippen LogP contribution in [0.3, 0.4) is 0 Å². The number of guanidine groups is 1. The minimum absolute atomic E-state index is 0. The average molecular weight is 460 g/mol. The van der Waals surface area contributed by atoms with E-state index < -0.39 is 0 Å². The normalized spacial score (nSPS) is 20.3. The molecule has 2 heterocycles. The topological polar surface area (TPSA) is 74.6 Å². The number of rotatable bonds is 6. The van der Waals surface area contributed by atoms with Gasteiger partial charge in [-0.2, -0.15) is 5.10 Å². The van der Waals surface area contributed by atoms with E-state index in [1.54, 1.807) is 0 Å². The van der Waals surface area contributed by atoms with Gasteiger partial charge in [-0.25, -0.2) is 0 Å². The first-order chi connectivity index (χ1) is 11.7. The van der Waals surface area contributed by atoms with Crippen molar-refractivity contribution < 1.29 is 4.79 Å². The molecule has 0 aromatic carbocycles. The van der Waals surface area contributed by atoms with Crippen LogP contribution in [0.4, 0.5) is 0 Å². The molecule has 1 saturated carbocycles. The first kappa shape index (κ1) is 20.0. The quantitative estimate of drug-likeness (QED) is 0.292. The molecule has 3 rings (SSSR count). The molecular weight excluding hydrogens is 431 g/mol. The zero-order valence-electron chi connectivity index (χ0n) is 15.1. The molecule has 1 aromatic rings. The van der Waals surface area contributed by atoms with Crippen LogP contribution in [0.2, 0.25) is 0 Å². The van der Waals surface area contributed by atoms with Crippen LogP contribution in [0.1, 0.15) is 43.6 Å². The van der Waals surface area contributed by atoms with E-state index in [2.05, 4.69) is 31.8 Å². The van der Waals surface area contributed by atoms with Gasteiger partial charge in [0.05, 0.1) is 6.20 Å². The summed E-state index contributed by atoms with van der Waals surface area (Å²) in [5.74, 6) is 1.62. The average Bonchev–Trinajstić information content (AvgIpc) is 3.07. The van der Waals surface area contributed by atoms with Gasteiger partial charge < -0.3 is 15.5 Å². The Labute approximate surface area is 166 Å². The summed E-state index contributed by atoms with van der Waals surface area (Å²) in [7, 11) is 3.77. The molecule has 2 aliphatic rings. The second-order valence-electron chi connectivity index (χ2n) is 6.80. The van der Waals surface area contributed by atoms with Crippen LogP contribution in [-0.4, -0.2) is 59.3 Å². The number of aryl methyl sites for hydroxylation is 1. The standard InChI is InChI=1S/C17H28N6O.HI/c1-18-17(19-8-3-4-16(24)21-15-5-6-15)23-9-7-13(12-23)14-10-20-22(2)11-14;/h10-11,13,15H,3-9,12H2,1-2H3,(H,18,19)(H,21,24);1H. The van der Waals surface area contributed by atoms with Gasteiger partial charge in [0.1, 0.15) is 0 Å². The highest BCUT2D eigenvalue weighted by molar-refractivity contribution is 14.0. The highest BCUT2D eigenvalue weighted by Gasteiger charge is 2.27. The minimum Gasteiger partial charge on any atom is -0.356 e. The molecule has 1 aliphatic carbocycles. The summed E-state index contributed by atoms with van der Waals surface area (Å²) in [6.07, 6.45) is 8.88. The number of amides is 1. The fourth-order valence-electron chi connectivity index (χ4n) is 3.18. The number of halogens is 1. The van der Waals surface area contributed by atoms with Gasteiger partial charge in [0, 0.05) is 58.3 Å². The van der Waals surface area contributed by atoms with Gasteiger partial charge in [-0.15, -0.1) is 24.0 Å². The van der Waals surface area contributed by atoms with Crippen molar-refractivity contribution in [1.82, 2.24) is 25.3 Å². The number of aromatic nitrogens is 2. The summed E-state index contributed by atoms with van der Waals surface area (Å²) in [5.41, 5.74) is 1.30. The molecule has 25 heavy (non-hydrogen) atoms. The van der Waals surface area contributed by atoms with Crippen LogP contribution in [-0.2, 0) is 11.8 Å². The monoisotopic (exact) mass is 460 g/mol. The van der Waals surface area contributed by atoms with E-state index in [4.69, 9.17) is 0 Å². The number of likely N-dealkylation sites (tertiary alicyclic amines) is 1. The van der Waals surface area contributed by atoms with Crippen LogP contribution in [0, 0.1) is 0 Å². The summed E-state index contributed by atoms with van der Waals surface area (Å²) in [6, 6.07) is 0.451. The lowest BCUT2D eigenvalue weighted by Crippen LogP contribution is -2.40. The van der Waals surface area contributed by atoms with E-state index in [1.807, 2.05) is 25.0 Å². The Morgan fingerprint density at radius 3 is 2.84 bits per heavy atom. The van der Waals surface area contributed by atoms with E-state index in [0.717, 1.165) is 51.3 Å². The molecule has 1 unspecified atom stereocenters. The second-order valence-corrected chi connectivity index (χ2v) is 6.80. The third-order valence-electron chi connectivity index (χ3n) is 4.70. The Kier molecular flexibility index (Phi) is 7.52. The van der Waals surface area contributed by atoms with Crippen molar-refractivity contribution in [3.05, 3.63) is 18.0 Å². The van der Waals surface area contributed by atoms with Crippen molar-refractivity contribution in [1.29, 1.82) is 0 Å². The van der Waals surface area contributed by atoms with Crippen molar-refractivity contribution in [3.63, 3.8) is 0 Å². The van der Waals surface area contributed by atoms with Gasteiger partial charge in [-0.05, 0) is 31.2 Å². The first-order valence-electron chi connectivity index (χ1n) is 8.89. The molecule has 2 fully saturated rings. The number of hydrogen-bond donors (Lipinski definition) is 2. The van der Waals surface area contributed by atoms with Gasteiger partial charge in [-0.1, -0.05) is 0 Å². The number of carbonyl (C=O) groups is 1. The predicted molar refractivity (Wildman–Crippen MR) is 109 cm³/mol. The van der Waals surface area contributed by atoms with Crippen LogP contribution in [0.15, 0.2) is 17.4 Å². The number of hydrogen-bond acceptors (Lipinski definition) is 3. The fourth-order valence-corrected chi connectivity index (χ4v) is 3.18. The van der Waals surface area contributed by atoms with Gasteiger partial charge in [0.15, 0.2) is 5.96 Å². The molecule has 0 spiro atoms. The molecule has 1 atom stereocenters. The maximum absolute atomic E-state index is 11.7. The smallest absolute Gasteiger partial charge is 0.220 e. The van der Waals surface area contributed by atoms with Crippen molar-refractivity contribution in [3.8, 4) is 0 Å². The summed E-state index contributed by atoms with van der Waals surface area (Å²) in [4.78, 5) is 18.4. The highest BCUT2D eigenvalue weighted by atomic mass is 127. The lowest BCUT2D eigenvalue weighted by molar-refractivity contribution is -0.121. The SMILES string of the molecule is CN=C(NCCCC(=O)NC1CC1)N1CCC(c2cnn(C)c2)C1.I. The van der Waals surface area contributed by atoms with Crippen LogP contribution >= 0.6 is 24.0 Å². The zero-order chi connectivity index (χ0) is 16.9. The lowest BCUT2D eigenvalue weighted by Gasteiger charge is -2.21. The molecule has 1 saturated heterocycles. The summed E-state index contributed by atoms with van der Waals surface area (Å²) in [6.45, 7) is 2.74. The Morgan fingerprint density at radius 2 is 2.20 bits per heavy atom. The van der Waals surface area contributed by atoms with E-state index in [0.29, 0.717) is 18.4 Å². The number of aliphatic imine (C=N–C) groups is 1. The molecule has 1 aromatic heterocycles. The maximum Gasteiger partial charge on any atom is 0.220 e. The molecule has 7 nitrogen and oxygen atoms in total. The van der Waals surface area contributed by atoms with Crippen molar-refractivity contribution in [2.24, 2.45) is 12.0 Å². The van der Waals surface area contributed by atoms with E-state index in [9.17, 15) is 4.79 Å². The minimum atomic E-state index is 0. The van der Waals surface area contributed by atoms with E-state index >= 15 is 0 Å². The van der Waals surface area contributed by atoms with Crippen LogP contribution in [0.25, 0.3) is 0 Å². The van der Waals surface area contributed by atoms with Crippen LogP contribution < -0.4 is 10.6 Å². The molecule has 8 heteroatoms. The molecule has 1 amide bonds. The Balaban J connectivity index is 0.00000225. The maximum atomic E-state index is 11.7. The van der Waals surface area contributed by atoms with Crippen molar-refractivity contribution >= 4 is 35.8 Å². The number of carbonyl (C=O) groups excluding carboxylic acids is 1. The molecule has 0 bridgehead atoms. The fraction of sp³-hybridized carbons (Fsp3) is 0.706. The second kappa shape index (κ2) is 9.40. The van der Waals surface area contributed by atoms with Gasteiger partial charge in [0.2, 0.25) is 5.91 Å². The molecule has 0 radical (unpaired) electrons. The van der Waals surface area contributed by atoms with E-state index in [1.165, 1.54) is 5.56 Å². The molecule has 2 N–H and O–H groups in total. The Morgan fingerprint density at radius 1 is 1.40 bits per heavy atom. The predicted octanol–water partition coefficient (Wildman–Crippen LogP) is 1.46. The first-order valence-corrected chi connectivity index (χ1v) is 8.89.